The third-order valence-electron chi connectivity index (χ3n) is 2.03. The molecule has 0 aromatic heterocycles. The minimum Gasteiger partial charge on any atom is -0.330 e. The number of nitrogens with zero attached hydrogens (tertiary/aromatic N) is 2. The lowest BCUT2D eigenvalue weighted by molar-refractivity contribution is 0.347. The van der Waals surface area contributed by atoms with Gasteiger partial charge >= 0.3 is 0 Å². The highest BCUT2D eigenvalue weighted by atomic mass is 32.2. The summed E-state index contributed by atoms with van der Waals surface area (Å²) in [5.74, 6) is 0. The molecule has 0 saturated heterocycles. The van der Waals surface area contributed by atoms with Gasteiger partial charge in [-0.3, -0.25) is 0 Å². The molecule has 0 heterocycles. The first-order valence-electron chi connectivity index (χ1n) is 4.19. The summed E-state index contributed by atoms with van der Waals surface area (Å²) in [6.07, 6.45) is 0.670. The fraction of sp³-hybridized carbons (Fsp3) is 1.00. The Hall–Kier alpha value is -0.170. The molecule has 0 aromatic rings. The van der Waals surface area contributed by atoms with Gasteiger partial charge in [0.05, 0.1) is 0 Å². The molecule has 0 rings (SSSR count). The molecule has 6 heteroatoms. The van der Waals surface area contributed by atoms with Gasteiger partial charge in [-0.05, 0) is 19.9 Å². The molecule has 0 aliphatic heterocycles. The Kier molecular flexibility index (Phi) is 4.83. The fourth-order valence-electron chi connectivity index (χ4n) is 0.908. The van der Waals surface area contributed by atoms with E-state index < -0.39 is 10.2 Å². The summed E-state index contributed by atoms with van der Waals surface area (Å²) >= 11 is 0. The van der Waals surface area contributed by atoms with E-state index in [-0.39, 0.29) is 6.04 Å². The van der Waals surface area contributed by atoms with Gasteiger partial charge < -0.3 is 5.73 Å². The van der Waals surface area contributed by atoms with Crippen molar-refractivity contribution in [2.75, 3.05) is 27.7 Å². The Morgan fingerprint density at radius 1 is 1.31 bits per heavy atom. The minimum absolute atomic E-state index is 0.0580. The van der Waals surface area contributed by atoms with E-state index in [9.17, 15) is 8.42 Å². The van der Waals surface area contributed by atoms with Gasteiger partial charge in [-0.2, -0.15) is 17.0 Å². The van der Waals surface area contributed by atoms with Gasteiger partial charge in [0.25, 0.3) is 10.2 Å². The molecule has 1 atom stereocenters. The monoisotopic (exact) mass is 209 g/mol. The molecule has 0 aliphatic rings. The number of hydrogen-bond donors (Lipinski definition) is 1. The summed E-state index contributed by atoms with van der Waals surface area (Å²) in [6, 6.07) is -0.0580. The number of rotatable bonds is 5. The van der Waals surface area contributed by atoms with Gasteiger partial charge in [-0.25, -0.2) is 0 Å². The first-order chi connectivity index (χ1) is 5.84. The summed E-state index contributed by atoms with van der Waals surface area (Å²) in [5, 5.41) is 0. The van der Waals surface area contributed by atoms with Crippen molar-refractivity contribution in [1.29, 1.82) is 0 Å². The van der Waals surface area contributed by atoms with E-state index in [0.717, 1.165) is 0 Å². The van der Waals surface area contributed by atoms with Crippen LogP contribution in [0.5, 0.6) is 0 Å². The van der Waals surface area contributed by atoms with E-state index in [1.54, 1.807) is 7.05 Å². The normalized spacial score (nSPS) is 15.3. The lowest BCUT2D eigenvalue weighted by atomic mass is 10.2. The van der Waals surface area contributed by atoms with Crippen LogP contribution < -0.4 is 5.73 Å². The third-order valence-corrected chi connectivity index (χ3v) is 4.04. The molecule has 0 bridgehead atoms. The van der Waals surface area contributed by atoms with Gasteiger partial charge in [0.2, 0.25) is 0 Å². The Morgan fingerprint density at radius 3 is 2.08 bits per heavy atom. The molecule has 0 aromatic carbocycles. The van der Waals surface area contributed by atoms with Gasteiger partial charge in [-0.1, -0.05) is 0 Å². The van der Waals surface area contributed by atoms with E-state index in [4.69, 9.17) is 5.73 Å². The fourth-order valence-corrected chi connectivity index (χ4v) is 1.98. The summed E-state index contributed by atoms with van der Waals surface area (Å²) < 4.78 is 25.6. The van der Waals surface area contributed by atoms with Crippen LogP contribution in [0.3, 0.4) is 0 Å². The van der Waals surface area contributed by atoms with Gasteiger partial charge in [-0.15, -0.1) is 0 Å². The average molecular weight is 209 g/mol. The highest BCUT2D eigenvalue weighted by Crippen LogP contribution is 2.08. The molecule has 1 unspecified atom stereocenters. The van der Waals surface area contributed by atoms with Gasteiger partial charge in [0.1, 0.15) is 0 Å². The minimum atomic E-state index is -3.29. The number of nitrogens with two attached hydrogens (primary N) is 1. The molecule has 0 fully saturated rings. The van der Waals surface area contributed by atoms with Crippen molar-refractivity contribution in [1.82, 2.24) is 8.61 Å². The van der Waals surface area contributed by atoms with Gasteiger partial charge in [0, 0.05) is 27.2 Å². The zero-order chi connectivity index (χ0) is 10.6. The highest BCUT2D eigenvalue weighted by Gasteiger charge is 2.24. The molecular formula is C7H19N3O2S. The maximum Gasteiger partial charge on any atom is 0.281 e. The Morgan fingerprint density at radius 2 is 1.77 bits per heavy atom. The van der Waals surface area contributed by atoms with Crippen LogP contribution in [0.4, 0.5) is 0 Å². The Balaban J connectivity index is 4.50. The van der Waals surface area contributed by atoms with Crippen LogP contribution in [0.25, 0.3) is 0 Å². The molecule has 0 saturated carbocycles. The van der Waals surface area contributed by atoms with Crippen LogP contribution in [0.2, 0.25) is 0 Å². The maximum atomic E-state index is 11.6. The van der Waals surface area contributed by atoms with Crippen molar-refractivity contribution in [2.24, 2.45) is 5.73 Å². The molecule has 0 aliphatic carbocycles. The molecule has 0 spiro atoms. The van der Waals surface area contributed by atoms with E-state index in [1.165, 1.54) is 22.7 Å². The van der Waals surface area contributed by atoms with E-state index in [0.29, 0.717) is 13.0 Å². The molecule has 13 heavy (non-hydrogen) atoms. The average Bonchev–Trinajstić information content (AvgIpc) is 2.03. The van der Waals surface area contributed by atoms with Crippen LogP contribution in [0, 0.1) is 0 Å². The van der Waals surface area contributed by atoms with Crippen LogP contribution in [-0.4, -0.2) is 50.8 Å². The second-order valence-electron chi connectivity index (χ2n) is 3.23. The summed E-state index contributed by atoms with van der Waals surface area (Å²) in [4.78, 5) is 0. The Bertz CT molecular complexity index is 238. The molecule has 0 amide bonds. The SMILES string of the molecule is CC(CCN)N(C)S(=O)(=O)N(C)C. The third kappa shape index (κ3) is 3.22. The maximum absolute atomic E-state index is 11.6. The van der Waals surface area contributed by atoms with E-state index >= 15 is 0 Å². The van der Waals surface area contributed by atoms with Crippen molar-refractivity contribution in [3.63, 3.8) is 0 Å². The van der Waals surface area contributed by atoms with Gasteiger partial charge in [0.15, 0.2) is 0 Å². The standard InChI is InChI=1S/C7H19N3O2S/c1-7(5-6-8)10(4)13(11,12)9(2)3/h7H,5-6,8H2,1-4H3. The zero-order valence-electron chi connectivity index (χ0n) is 8.69. The predicted molar refractivity (Wildman–Crippen MR) is 53.5 cm³/mol. The van der Waals surface area contributed by atoms with Crippen LogP contribution in [0.15, 0.2) is 0 Å². The lowest BCUT2D eigenvalue weighted by Crippen LogP contribution is -2.43. The van der Waals surface area contributed by atoms with Crippen molar-refractivity contribution in [3.8, 4) is 0 Å². The molecule has 0 radical (unpaired) electrons. The number of hydrogen-bond acceptors (Lipinski definition) is 3. The first-order valence-corrected chi connectivity index (χ1v) is 5.59. The van der Waals surface area contributed by atoms with Crippen molar-refractivity contribution in [3.05, 3.63) is 0 Å². The largest absolute Gasteiger partial charge is 0.330 e. The quantitative estimate of drug-likeness (QED) is 0.661. The second-order valence-corrected chi connectivity index (χ2v) is 5.43. The molecule has 80 valence electrons. The van der Waals surface area contributed by atoms with Crippen LogP contribution in [-0.2, 0) is 10.2 Å². The Labute approximate surface area is 80.7 Å². The van der Waals surface area contributed by atoms with Crippen molar-refractivity contribution in [2.45, 2.75) is 19.4 Å². The summed E-state index contributed by atoms with van der Waals surface area (Å²) in [7, 11) is 1.31. The van der Waals surface area contributed by atoms with Crippen molar-refractivity contribution >= 4 is 10.2 Å². The molecular weight excluding hydrogens is 190 g/mol. The summed E-state index contributed by atoms with van der Waals surface area (Å²) in [6.45, 7) is 2.34. The van der Waals surface area contributed by atoms with E-state index in [2.05, 4.69) is 0 Å². The van der Waals surface area contributed by atoms with Crippen molar-refractivity contribution < 1.29 is 8.42 Å². The van der Waals surface area contributed by atoms with Crippen LogP contribution in [0.1, 0.15) is 13.3 Å². The second kappa shape index (κ2) is 4.90. The lowest BCUT2D eigenvalue weighted by Gasteiger charge is -2.26. The zero-order valence-corrected chi connectivity index (χ0v) is 9.50. The topological polar surface area (TPSA) is 66.6 Å². The first kappa shape index (κ1) is 12.8. The van der Waals surface area contributed by atoms with Crippen LogP contribution >= 0.6 is 0 Å². The predicted octanol–water partition coefficient (Wildman–Crippen LogP) is -0.538. The van der Waals surface area contributed by atoms with E-state index in [1.807, 2.05) is 6.92 Å². The summed E-state index contributed by atoms with van der Waals surface area (Å²) in [5.41, 5.74) is 5.35. The highest BCUT2D eigenvalue weighted by molar-refractivity contribution is 7.86. The molecule has 5 nitrogen and oxygen atoms in total. The smallest absolute Gasteiger partial charge is 0.281 e. The molecule has 2 N–H and O–H groups in total.